The van der Waals surface area contributed by atoms with Gasteiger partial charge in [-0.25, -0.2) is 18.1 Å². The lowest BCUT2D eigenvalue weighted by Crippen LogP contribution is -2.25. The Hall–Kier alpha value is -4.08. The largest absolute Gasteiger partial charge is 0.369 e. The number of benzene rings is 3. The summed E-state index contributed by atoms with van der Waals surface area (Å²) in [5.41, 5.74) is 5.38. The Morgan fingerprint density at radius 1 is 0.949 bits per heavy atom. The number of hydrogen-bond acceptors (Lipinski definition) is 7. The quantitative estimate of drug-likeness (QED) is 0.286. The number of nitrogens with one attached hydrogen (secondary N) is 3. The first-order chi connectivity index (χ1) is 18.9. The molecule has 0 aliphatic carbocycles. The maximum absolute atomic E-state index is 12.6. The van der Waals surface area contributed by atoms with Gasteiger partial charge in [0.1, 0.15) is 5.82 Å². The second kappa shape index (κ2) is 11.8. The van der Waals surface area contributed by atoms with Crippen LogP contribution in [0.4, 0.5) is 17.5 Å². The average Bonchev–Trinajstić information content (AvgIpc) is 2.94. The lowest BCUT2D eigenvalue weighted by molar-refractivity contribution is 0.0983. The number of anilines is 3. The van der Waals surface area contributed by atoms with E-state index in [9.17, 15) is 13.2 Å². The van der Waals surface area contributed by atoms with Crippen LogP contribution in [-0.2, 0) is 16.4 Å². The minimum atomic E-state index is -3.58. The van der Waals surface area contributed by atoms with Crippen molar-refractivity contribution in [2.75, 3.05) is 23.7 Å². The number of aromatic nitrogens is 2. The number of ketones is 1. The van der Waals surface area contributed by atoms with Crippen molar-refractivity contribution in [1.29, 1.82) is 0 Å². The molecule has 1 aromatic heterocycles. The Morgan fingerprint density at radius 2 is 1.72 bits per heavy atom. The SMILES string of the molecule is Cc1ccc(C(=O)CCc2ccc(-c3cnc4nc3NCCCCNS(=O)(=O)c3cccc(c3)N4)cc2)cc1. The maximum Gasteiger partial charge on any atom is 0.240 e. The van der Waals surface area contributed by atoms with Gasteiger partial charge < -0.3 is 10.6 Å². The van der Waals surface area contributed by atoms with Crippen LogP contribution in [0.1, 0.15) is 40.7 Å². The summed E-state index contributed by atoms with van der Waals surface area (Å²) in [7, 11) is -3.58. The molecular formula is C30H31N5O3S. The van der Waals surface area contributed by atoms with E-state index in [0.717, 1.165) is 34.2 Å². The first kappa shape index (κ1) is 26.5. The molecule has 3 aromatic carbocycles. The highest BCUT2D eigenvalue weighted by molar-refractivity contribution is 7.89. The van der Waals surface area contributed by atoms with E-state index in [-0.39, 0.29) is 10.7 Å². The number of nitrogens with zero attached hydrogens (tertiary/aromatic N) is 2. The first-order valence-electron chi connectivity index (χ1n) is 13.0. The molecule has 0 radical (unpaired) electrons. The highest BCUT2D eigenvalue weighted by atomic mass is 32.2. The fourth-order valence-electron chi connectivity index (χ4n) is 4.40. The fourth-order valence-corrected chi connectivity index (χ4v) is 5.52. The summed E-state index contributed by atoms with van der Waals surface area (Å²) in [5, 5.41) is 6.52. The van der Waals surface area contributed by atoms with Crippen LogP contribution in [0.25, 0.3) is 11.1 Å². The number of rotatable bonds is 5. The second-order valence-electron chi connectivity index (χ2n) is 9.63. The molecule has 0 fully saturated rings. The summed E-state index contributed by atoms with van der Waals surface area (Å²) in [6, 6.07) is 22.4. The number of aryl methyl sites for hydroxylation is 2. The zero-order chi connectivity index (χ0) is 27.2. The van der Waals surface area contributed by atoms with Crippen LogP contribution in [-0.4, -0.2) is 37.3 Å². The minimum Gasteiger partial charge on any atom is -0.369 e. The van der Waals surface area contributed by atoms with Crippen LogP contribution in [0.3, 0.4) is 0 Å². The van der Waals surface area contributed by atoms with Gasteiger partial charge in [-0.1, -0.05) is 60.2 Å². The zero-order valence-corrected chi connectivity index (χ0v) is 22.6. The summed E-state index contributed by atoms with van der Waals surface area (Å²) < 4.78 is 27.8. The Bertz CT molecular complexity index is 1570. The molecule has 4 bridgehead atoms. The number of carbonyl (C=O) groups excluding carboxylic acids is 1. The van der Waals surface area contributed by atoms with E-state index in [1.807, 2.05) is 55.5 Å². The molecule has 1 aliphatic heterocycles. The van der Waals surface area contributed by atoms with Gasteiger partial charge in [0, 0.05) is 42.5 Å². The summed E-state index contributed by atoms with van der Waals surface area (Å²) >= 11 is 0. The molecule has 200 valence electrons. The Labute approximate surface area is 229 Å². The third-order valence-electron chi connectivity index (χ3n) is 6.66. The van der Waals surface area contributed by atoms with Crippen molar-refractivity contribution < 1.29 is 13.2 Å². The van der Waals surface area contributed by atoms with E-state index < -0.39 is 10.0 Å². The van der Waals surface area contributed by atoms with E-state index >= 15 is 0 Å². The smallest absolute Gasteiger partial charge is 0.240 e. The van der Waals surface area contributed by atoms with E-state index in [4.69, 9.17) is 4.98 Å². The normalized spacial score (nSPS) is 14.9. The number of hydrogen-bond donors (Lipinski definition) is 3. The highest BCUT2D eigenvalue weighted by Gasteiger charge is 2.16. The molecule has 8 nitrogen and oxygen atoms in total. The van der Waals surface area contributed by atoms with Gasteiger partial charge in [0.15, 0.2) is 5.78 Å². The molecule has 0 saturated heterocycles. The lowest BCUT2D eigenvalue weighted by atomic mass is 10.00. The molecule has 0 spiro atoms. The monoisotopic (exact) mass is 541 g/mol. The molecule has 5 rings (SSSR count). The van der Waals surface area contributed by atoms with Crippen molar-refractivity contribution in [1.82, 2.24) is 14.7 Å². The Kier molecular flexibility index (Phi) is 7.99. The molecule has 0 atom stereocenters. The third kappa shape index (κ3) is 6.68. The van der Waals surface area contributed by atoms with Gasteiger partial charge in [0.05, 0.1) is 4.90 Å². The molecule has 1 aliphatic rings. The van der Waals surface area contributed by atoms with Gasteiger partial charge >= 0.3 is 0 Å². The topological polar surface area (TPSA) is 113 Å². The fraction of sp³-hybridized carbons (Fsp3) is 0.233. The number of Topliss-reactive ketones (excluding diaryl/α,β-unsaturated/α-hetero) is 1. The van der Waals surface area contributed by atoms with Gasteiger partial charge in [-0.3, -0.25) is 4.79 Å². The number of fused-ring (bicyclic) bond motifs is 4. The highest BCUT2D eigenvalue weighted by Crippen LogP contribution is 2.29. The number of carbonyl (C=O) groups is 1. The summed E-state index contributed by atoms with van der Waals surface area (Å²) in [6.45, 7) is 3.00. The lowest BCUT2D eigenvalue weighted by Gasteiger charge is -2.15. The number of sulfonamides is 1. The molecule has 0 unspecified atom stereocenters. The van der Waals surface area contributed by atoms with E-state index in [1.54, 1.807) is 30.5 Å². The zero-order valence-electron chi connectivity index (χ0n) is 21.8. The van der Waals surface area contributed by atoms with Gasteiger partial charge in [-0.2, -0.15) is 4.98 Å². The van der Waals surface area contributed by atoms with Crippen LogP contribution in [0.5, 0.6) is 0 Å². The first-order valence-corrected chi connectivity index (χ1v) is 14.5. The summed E-state index contributed by atoms with van der Waals surface area (Å²) in [5.74, 6) is 1.20. The van der Waals surface area contributed by atoms with Crippen molar-refractivity contribution in [2.24, 2.45) is 0 Å². The standard InChI is InChI=1S/C30H31N5O3S/c1-21-7-12-24(13-8-21)28(36)16-11-22-9-14-23(15-10-22)27-20-32-30-34-25-5-4-6-26(19-25)39(37,38)33-18-3-2-17-31-29(27)35-30/h4-10,12-15,19-20,33H,2-3,11,16-18H2,1H3,(H2,31,32,34,35). The van der Waals surface area contributed by atoms with Crippen molar-refractivity contribution in [3.05, 3.63) is 95.7 Å². The van der Waals surface area contributed by atoms with Crippen LogP contribution >= 0.6 is 0 Å². The van der Waals surface area contributed by atoms with Gasteiger partial charge in [0.25, 0.3) is 0 Å². The van der Waals surface area contributed by atoms with E-state index in [1.165, 1.54) is 0 Å². The molecule has 2 heterocycles. The van der Waals surface area contributed by atoms with Crippen LogP contribution in [0.15, 0.2) is 83.9 Å². The molecule has 0 amide bonds. The Balaban J connectivity index is 1.34. The van der Waals surface area contributed by atoms with Crippen molar-refractivity contribution in [2.45, 2.75) is 37.5 Å². The maximum atomic E-state index is 12.6. The third-order valence-corrected chi connectivity index (χ3v) is 8.12. The van der Waals surface area contributed by atoms with E-state index in [0.29, 0.717) is 49.8 Å². The minimum absolute atomic E-state index is 0.139. The molecule has 0 saturated carbocycles. The van der Waals surface area contributed by atoms with Crippen LogP contribution < -0.4 is 15.4 Å². The predicted octanol–water partition coefficient (Wildman–Crippen LogP) is 5.50. The molecule has 3 N–H and O–H groups in total. The average molecular weight is 542 g/mol. The van der Waals surface area contributed by atoms with Gasteiger partial charge in [-0.05, 0) is 55.5 Å². The van der Waals surface area contributed by atoms with Gasteiger partial charge in [0.2, 0.25) is 16.0 Å². The van der Waals surface area contributed by atoms with Crippen molar-refractivity contribution >= 4 is 33.3 Å². The van der Waals surface area contributed by atoms with Gasteiger partial charge in [-0.15, -0.1) is 0 Å². The molecule has 4 aromatic rings. The van der Waals surface area contributed by atoms with Crippen molar-refractivity contribution in [3.8, 4) is 11.1 Å². The summed E-state index contributed by atoms with van der Waals surface area (Å²) in [6.07, 6.45) is 4.34. The summed E-state index contributed by atoms with van der Waals surface area (Å²) in [4.78, 5) is 22.0. The van der Waals surface area contributed by atoms with Crippen LogP contribution in [0, 0.1) is 6.92 Å². The molecular weight excluding hydrogens is 510 g/mol. The van der Waals surface area contributed by atoms with Crippen LogP contribution in [0.2, 0.25) is 0 Å². The van der Waals surface area contributed by atoms with Crippen molar-refractivity contribution in [3.63, 3.8) is 0 Å². The van der Waals surface area contributed by atoms with E-state index in [2.05, 4.69) is 20.3 Å². The predicted molar refractivity (Wildman–Crippen MR) is 154 cm³/mol. The second-order valence-corrected chi connectivity index (χ2v) is 11.4. The molecule has 9 heteroatoms. The molecule has 39 heavy (non-hydrogen) atoms. The Morgan fingerprint density at radius 3 is 2.51 bits per heavy atom.